The average molecular weight is 279 g/mol. The van der Waals surface area contributed by atoms with E-state index in [4.69, 9.17) is 9.63 Å². The van der Waals surface area contributed by atoms with Crippen molar-refractivity contribution >= 4 is 11.3 Å². The summed E-state index contributed by atoms with van der Waals surface area (Å²) in [7, 11) is 0. The lowest BCUT2D eigenvalue weighted by Gasteiger charge is -2.12. The molecule has 3 heterocycles. The minimum absolute atomic E-state index is 0.281. The third kappa shape index (κ3) is 3.02. The molecule has 5 nitrogen and oxygen atoms in total. The highest BCUT2D eigenvalue weighted by atomic mass is 32.1. The van der Waals surface area contributed by atoms with Gasteiger partial charge < -0.3 is 9.63 Å². The summed E-state index contributed by atoms with van der Waals surface area (Å²) in [5.41, 5.74) is 0.989. The van der Waals surface area contributed by atoms with Gasteiger partial charge in [-0.05, 0) is 36.8 Å². The van der Waals surface area contributed by atoms with E-state index in [0.29, 0.717) is 11.8 Å². The van der Waals surface area contributed by atoms with E-state index in [9.17, 15) is 0 Å². The summed E-state index contributed by atoms with van der Waals surface area (Å²) in [4.78, 5) is 6.75. The number of aromatic nitrogens is 2. The quantitative estimate of drug-likeness (QED) is 0.907. The summed E-state index contributed by atoms with van der Waals surface area (Å²) < 4.78 is 5.27. The summed E-state index contributed by atoms with van der Waals surface area (Å²) in [5, 5.41) is 17.0. The number of hydrogen-bond acceptors (Lipinski definition) is 6. The van der Waals surface area contributed by atoms with Gasteiger partial charge in [0, 0.05) is 18.5 Å². The van der Waals surface area contributed by atoms with Gasteiger partial charge in [-0.1, -0.05) is 5.16 Å². The predicted molar refractivity (Wildman–Crippen MR) is 72.7 cm³/mol. The molecule has 2 aromatic heterocycles. The summed E-state index contributed by atoms with van der Waals surface area (Å²) in [6.07, 6.45) is 2.04. The van der Waals surface area contributed by atoms with E-state index in [1.165, 1.54) is 0 Å². The van der Waals surface area contributed by atoms with Crippen molar-refractivity contribution in [1.29, 1.82) is 0 Å². The molecule has 0 spiro atoms. The van der Waals surface area contributed by atoms with Gasteiger partial charge in [0.2, 0.25) is 0 Å². The van der Waals surface area contributed by atoms with E-state index in [0.717, 1.165) is 43.9 Å². The van der Waals surface area contributed by atoms with Gasteiger partial charge in [-0.15, -0.1) is 0 Å². The number of likely N-dealkylation sites (tertiary alicyclic amines) is 1. The minimum Gasteiger partial charge on any atom is -0.396 e. The van der Waals surface area contributed by atoms with Crippen LogP contribution in [0.2, 0.25) is 0 Å². The number of nitrogens with zero attached hydrogens (tertiary/aromatic N) is 3. The van der Waals surface area contributed by atoms with Crippen molar-refractivity contribution in [3.8, 4) is 11.5 Å². The molecule has 0 aliphatic carbocycles. The first-order valence-corrected chi connectivity index (χ1v) is 7.48. The van der Waals surface area contributed by atoms with Crippen LogP contribution in [0.1, 0.15) is 18.7 Å². The molecule has 0 bridgehead atoms. The van der Waals surface area contributed by atoms with E-state index in [2.05, 4.69) is 15.0 Å². The Morgan fingerprint density at radius 1 is 1.53 bits per heavy atom. The zero-order chi connectivity index (χ0) is 13.1. The van der Waals surface area contributed by atoms with Crippen LogP contribution in [0.4, 0.5) is 0 Å². The third-order valence-electron chi connectivity index (χ3n) is 3.51. The average Bonchev–Trinajstić information content (AvgIpc) is 3.10. The molecule has 2 aromatic rings. The maximum Gasteiger partial charge on any atom is 0.258 e. The smallest absolute Gasteiger partial charge is 0.258 e. The van der Waals surface area contributed by atoms with Crippen LogP contribution < -0.4 is 0 Å². The first-order valence-electron chi connectivity index (χ1n) is 6.53. The van der Waals surface area contributed by atoms with Gasteiger partial charge in [0.1, 0.15) is 0 Å². The molecule has 6 heteroatoms. The van der Waals surface area contributed by atoms with Crippen molar-refractivity contribution in [2.24, 2.45) is 5.92 Å². The highest BCUT2D eigenvalue weighted by molar-refractivity contribution is 7.08. The predicted octanol–water partition coefficient (Wildman–Crippen LogP) is 2.00. The molecule has 0 amide bonds. The fourth-order valence-corrected chi connectivity index (χ4v) is 3.13. The maximum absolute atomic E-state index is 8.95. The Hall–Kier alpha value is -1.24. The van der Waals surface area contributed by atoms with Crippen molar-refractivity contribution < 1.29 is 9.63 Å². The first kappa shape index (κ1) is 12.8. The SMILES string of the molecule is OCCC1CCN(Cc2noc(-c3ccsc3)n2)C1. The van der Waals surface area contributed by atoms with Gasteiger partial charge in [0.05, 0.1) is 12.1 Å². The van der Waals surface area contributed by atoms with E-state index in [-0.39, 0.29) is 6.61 Å². The van der Waals surface area contributed by atoms with Gasteiger partial charge in [-0.3, -0.25) is 4.90 Å². The lowest BCUT2D eigenvalue weighted by Crippen LogP contribution is -2.21. The molecule has 0 saturated carbocycles. The highest BCUT2D eigenvalue weighted by Gasteiger charge is 2.23. The lowest BCUT2D eigenvalue weighted by molar-refractivity contribution is 0.247. The van der Waals surface area contributed by atoms with E-state index >= 15 is 0 Å². The highest BCUT2D eigenvalue weighted by Crippen LogP contribution is 2.23. The van der Waals surface area contributed by atoms with Crippen molar-refractivity contribution in [1.82, 2.24) is 15.0 Å². The third-order valence-corrected chi connectivity index (χ3v) is 4.19. The van der Waals surface area contributed by atoms with E-state index in [1.54, 1.807) is 11.3 Å². The molecule has 1 atom stereocenters. The van der Waals surface area contributed by atoms with Crippen LogP contribution in [-0.2, 0) is 6.54 Å². The zero-order valence-corrected chi connectivity index (χ0v) is 11.5. The van der Waals surface area contributed by atoms with Gasteiger partial charge >= 0.3 is 0 Å². The Balaban J connectivity index is 1.59. The Kier molecular flexibility index (Phi) is 3.91. The molecule has 3 rings (SSSR count). The molecule has 1 saturated heterocycles. The van der Waals surface area contributed by atoms with E-state index in [1.807, 2.05) is 16.8 Å². The molecule has 1 aliphatic rings. The molecular formula is C13H17N3O2S. The van der Waals surface area contributed by atoms with Crippen molar-refractivity contribution in [3.05, 3.63) is 22.7 Å². The maximum atomic E-state index is 8.95. The van der Waals surface area contributed by atoms with Gasteiger partial charge in [0.15, 0.2) is 5.82 Å². The minimum atomic E-state index is 0.281. The number of aliphatic hydroxyl groups is 1. The lowest BCUT2D eigenvalue weighted by atomic mass is 10.1. The zero-order valence-electron chi connectivity index (χ0n) is 10.7. The molecule has 0 aromatic carbocycles. The monoisotopic (exact) mass is 279 g/mol. The normalized spacial score (nSPS) is 20.2. The molecule has 1 fully saturated rings. The second-order valence-corrected chi connectivity index (χ2v) is 5.71. The molecule has 19 heavy (non-hydrogen) atoms. The van der Waals surface area contributed by atoms with Crippen LogP contribution in [0.5, 0.6) is 0 Å². The van der Waals surface area contributed by atoms with Gasteiger partial charge in [-0.2, -0.15) is 16.3 Å². The van der Waals surface area contributed by atoms with Crippen LogP contribution in [0, 0.1) is 5.92 Å². The van der Waals surface area contributed by atoms with Gasteiger partial charge in [0.25, 0.3) is 5.89 Å². The van der Waals surface area contributed by atoms with Crippen LogP contribution in [0.3, 0.4) is 0 Å². The Morgan fingerprint density at radius 2 is 2.47 bits per heavy atom. The summed E-state index contributed by atoms with van der Waals surface area (Å²) >= 11 is 1.62. The molecule has 1 unspecified atom stereocenters. The fourth-order valence-electron chi connectivity index (χ4n) is 2.50. The fraction of sp³-hybridized carbons (Fsp3) is 0.538. The van der Waals surface area contributed by atoms with Crippen LogP contribution >= 0.6 is 11.3 Å². The topological polar surface area (TPSA) is 62.4 Å². The first-order chi connectivity index (χ1) is 9.35. The number of hydrogen-bond donors (Lipinski definition) is 1. The van der Waals surface area contributed by atoms with E-state index < -0.39 is 0 Å². The summed E-state index contributed by atoms with van der Waals surface area (Å²) in [6.45, 7) is 3.08. The molecule has 0 radical (unpaired) electrons. The largest absolute Gasteiger partial charge is 0.396 e. The second-order valence-electron chi connectivity index (χ2n) is 4.93. The van der Waals surface area contributed by atoms with Crippen LogP contribution in [-0.4, -0.2) is 39.8 Å². The molecule has 102 valence electrons. The standard InChI is InChI=1S/C13H17N3O2S/c17-5-2-10-1-4-16(7-10)8-12-14-13(18-15-12)11-3-6-19-9-11/h3,6,9-10,17H,1-2,4-5,7-8H2. The Labute approximate surface area is 115 Å². The number of rotatable bonds is 5. The molecule has 1 N–H and O–H groups in total. The summed E-state index contributed by atoms with van der Waals surface area (Å²) in [6, 6.07) is 1.98. The molecular weight excluding hydrogens is 262 g/mol. The van der Waals surface area contributed by atoms with Crippen LogP contribution in [0.15, 0.2) is 21.3 Å². The summed E-state index contributed by atoms with van der Waals surface area (Å²) in [5.74, 6) is 1.95. The van der Waals surface area contributed by atoms with Crippen molar-refractivity contribution in [2.75, 3.05) is 19.7 Å². The number of thiophene rings is 1. The van der Waals surface area contributed by atoms with Crippen molar-refractivity contribution in [2.45, 2.75) is 19.4 Å². The molecule has 1 aliphatic heterocycles. The van der Waals surface area contributed by atoms with Gasteiger partial charge in [-0.25, -0.2) is 0 Å². The second kappa shape index (κ2) is 5.81. The van der Waals surface area contributed by atoms with Crippen LogP contribution in [0.25, 0.3) is 11.5 Å². The number of aliphatic hydroxyl groups excluding tert-OH is 1. The Morgan fingerprint density at radius 3 is 3.26 bits per heavy atom. The Bertz CT molecular complexity index is 512. The van der Waals surface area contributed by atoms with Crippen molar-refractivity contribution in [3.63, 3.8) is 0 Å².